The zero-order chi connectivity index (χ0) is 25.5. The summed E-state index contributed by atoms with van der Waals surface area (Å²) in [7, 11) is 0. The molecule has 9 nitrogen and oxygen atoms in total. The summed E-state index contributed by atoms with van der Waals surface area (Å²) >= 11 is 1.03. The Morgan fingerprint density at radius 3 is 2.76 bits per heavy atom. The van der Waals surface area contributed by atoms with Gasteiger partial charge in [-0.15, -0.1) is 11.3 Å². The Kier molecular flexibility index (Phi) is 5.85. The molecule has 0 saturated carbocycles. The molecule has 4 N–H and O–H groups in total. The highest BCUT2D eigenvalue weighted by molar-refractivity contribution is 7.13. The van der Waals surface area contributed by atoms with E-state index in [0.717, 1.165) is 33.3 Å². The van der Waals surface area contributed by atoms with Crippen LogP contribution in [0.5, 0.6) is 0 Å². The number of anilines is 1. The number of pyridine rings is 3. The van der Waals surface area contributed by atoms with Crippen LogP contribution in [0, 0.1) is 11.0 Å². The van der Waals surface area contributed by atoms with Gasteiger partial charge in [-0.3, -0.25) is 20.1 Å². The zero-order valence-corrected chi connectivity index (χ0v) is 20.8. The number of hydrogen-bond acceptors (Lipinski definition) is 8. The Labute approximate surface area is 214 Å². The van der Waals surface area contributed by atoms with E-state index in [9.17, 15) is 9.50 Å². The van der Waals surface area contributed by atoms with Crippen LogP contribution in [0.1, 0.15) is 20.3 Å². The lowest BCUT2D eigenvalue weighted by molar-refractivity contribution is 0.176. The number of nitrogens with one attached hydrogen (secondary N) is 3. The number of aliphatic hydroxyl groups is 1. The highest BCUT2D eigenvalue weighted by Crippen LogP contribution is 2.34. The van der Waals surface area contributed by atoms with Crippen molar-refractivity contribution in [2.45, 2.75) is 26.5 Å². The van der Waals surface area contributed by atoms with E-state index >= 15 is 0 Å². The van der Waals surface area contributed by atoms with Crippen molar-refractivity contribution < 1.29 is 9.50 Å². The molecule has 11 heteroatoms. The standard InChI is InChI=1S/C26H23FN8OS/c1-13(2)7-22(36)31-15-8-14(10-28-11-15)18-9-16-19(12-30-18)34-35-23(16)26-32-17-5-6-29-25(24(17)33-26)20-3-4-21(27)37-20/h3-6,8-13,22,31,36H,7H2,1-2H3,(H,32,33)(H,34,35). The van der Waals surface area contributed by atoms with E-state index in [4.69, 9.17) is 4.98 Å². The predicted octanol–water partition coefficient (Wildman–Crippen LogP) is 5.60. The molecule has 0 aliphatic heterocycles. The van der Waals surface area contributed by atoms with E-state index < -0.39 is 6.23 Å². The second kappa shape index (κ2) is 9.34. The van der Waals surface area contributed by atoms with Gasteiger partial charge in [0.1, 0.15) is 23.1 Å². The third kappa shape index (κ3) is 4.54. The number of halogens is 1. The number of aromatic nitrogens is 7. The molecule has 0 aliphatic carbocycles. The van der Waals surface area contributed by atoms with Crippen LogP contribution < -0.4 is 5.32 Å². The van der Waals surface area contributed by atoms with Gasteiger partial charge in [-0.05, 0) is 42.7 Å². The Bertz CT molecular complexity index is 1720. The molecule has 0 aliphatic rings. The van der Waals surface area contributed by atoms with Gasteiger partial charge in [0.15, 0.2) is 11.0 Å². The Balaban J connectivity index is 1.37. The molecule has 6 rings (SSSR count). The van der Waals surface area contributed by atoms with Crippen LogP contribution in [-0.2, 0) is 0 Å². The molecular formula is C26H23FN8OS. The summed E-state index contributed by atoms with van der Waals surface area (Å²) in [6, 6.07) is 8.80. The number of nitrogens with zero attached hydrogens (tertiary/aromatic N) is 5. The fraction of sp³-hybridized carbons (Fsp3) is 0.192. The van der Waals surface area contributed by atoms with Crippen molar-refractivity contribution in [2.75, 3.05) is 5.32 Å². The fourth-order valence-electron chi connectivity index (χ4n) is 4.28. The summed E-state index contributed by atoms with van der Waals surface area (Å²) in [5.74, 6) is 0.925. The monoisotopic (exact) mass is 514 g/mol. The van der Waals surface area contributed by atoms with E-state index in [1.165, 1.54) is 6.07 Å². The van der Waals surface area contributed by atoms with Gasteiger partial charge in [0.25, 0.3) is 0 Å². The Hall–Kier alpha value is -4.22. The molecule has 6 heterocycles. The van der Waals surface area contributed by atoms with Crippen LogP contribution >= 0.6 is 11.3 Å². The molecular weight excluding hydrogens is 491 g/mol. The van der Waals surface area contributed by atoms with Gasteiger partial charge >= 0.3 is 0 Å². The second-order valence-electron chi connectivity index (χ2n) is 9.18. The molecule has 6 aromatic rings. The smallest absolute Gasteiger partial charge is 0.177 e. The molecule has 0 fully saturated rings. The summed E-state index contributed by atoms with van der Waals surface area (Å²) in [5.41, 5.74) is 5.65. The third-order valence-electron chi connectivity index (χ3n) is 5.94. The summed E-state index contributed by atoms with van der Waals surface area (Å²) in [4.78, 5) is 22.1. The van der Waals surface area contributed by atoms with E-state index in [2.05, 4.69) is 49.3 Å². The topological polar surface area (TPSA) is 128 Å². The molecule has 1 atom stereocenters. The van der Waals surface area contributed by atoms with Crippen LogP contribution in [0.15, 0.2) is 55.1 Å². The molecule has 0 saturated heterocycles. The minimum Gasteiger partial charge on any atom is -0.374 e. The fourth-order valence-corrected chi connectivity index (χ4v) is 5.01. The highest BCUT2D eigenvalue weighted by Gasteiger charge is 2.18. The van der Waals surface area contributed by atoms with E-state index in [-0.39, 0.29) is 5.13 Å². The molecule has 0 radical (unpaired) electrons. The minimum atomic E-state index is -0.661. The van der Waals surface area contributed by atoms with Crippen molar-refractivity contribution in [3.05, 3.63) is 60.3 Å². The first kappa shape index (κ1) is 23.2. The lowest BCUT2D eigenvalue weighted by Gasteiger charge is -2.16. The van der Waals surface area contributed by atoms with Crippen molar-refractivity contribution in [1.82, 2.24) is 35.1 Å². The Morgan fingerprint density at radius 2 is 1.95 bits per heavy atom. The van der Waals surface area contributed by atoms with Gasteiger partial charge in [-0.25, -0.2) is 4.98 Å². The number of imidazole rings is 1. The van der Waals surface area contributed by atoms with E-state index in [1.807, 2.05) is 18.2 Å². The van der Waals surface area contributed by atoms with Crippen molar-refractivity contribution in [2.24, 2.45) is 5.92 Å². The molecule has 0 spiro atoms. The van der Waals surface area contributed by atoms with Crippen LogP contribution in [0.3, 0.4) is 0 Å². The van der Waals surface area contributed by atoms with Gasteiger partial charge in [-0.2, -0.15) is 9.49 Å². The van der Waals surface area contributed by atoms with Crippen molar-refractivity contribution in [1.29, 1.82) is 0 Å². The molecule has 37 heavy (non-hydrogen) atoms. The summed E-state index contributed by atoms with van der Waals surface area (Å²) in [6.07, 6.45) is 6.77. The van der Waals surface area contributed by atoms with E-state index in [1.54, 1.807) is 30.9 Å². The zero-order valence-electron chi connectivity index (χ0n) is 20.0. The second-order valence-corrected chi connectivity index (χ2v) is 10.2. The quantitative estimate of drug-likeness (QED) is 0.204. The van der Waals surface area contributed by atoms with Crippen molar-refractivity contribution >= 4 is 39.0 Å². The van der Waals surface area contributed by atoms with Gasteiger partial charge in [0, 0.05) is 23.3 Å². The number of fused-ring (bicyclic) bond motifs is 2. The van der Waals surface area contributed by atoms with Crippen molar-refractivity contribution in [3.8, 4) is 33.3 Å². The Morgan fingerprint density at radius 1 is 1.05 bits per heavy atom. The normalized spacial score (nSPS) is 12.6. The molecule has 0 amide bonds. The summed E-state index contributed by atoms with van der Waals surface area (Å²) in [5, 5.41) is 21.4. The van der Waals surface area contributed by atoms with Crippen LogP contribution in [0.2, 0.25) is 0 Å². The lowest BCUT2D eigenvalue weighted by atomic mass is 10.1. The first-order valence-corrected chi connectivity index (χ1v) is 12.6. The van der Waals surface area contributed by atoms with Gasteiger partial charge in [-0.1, -0.05) is 13.8 Å². The van der Waals surface area contributed by atoms with Crippen LogP contribution in [-0.4, -0.2) is 46.5 Å². The van der Waals surface area contributed by atoms with Crippen LogP contribution in [0.4, 0.5) is 10.1 Å². The highest BCUT2D eigenvalue weighted by atomic mass is 32.1. The SMILES string of the molecule is CC(C)CC(O)Nc1cncc(-c2cc3c(-c4nc5c(-c6ccc(F)s6)nccc5[nH]4)n[nH]c3cn2)c1. The maximum atomic E-state index is 13.7. The average Bonchev–Trinajstić information content (AvgIpc) is 3.60. The summed E-state index contributed by atoms with van der Waals surface area (Å²) in [6.45, 7) is 4.12. The average molecular weight is 515 g/mol. The van der Waals surface area contributed by atoms with Gasteiger partial charge in [0.05, 0.1) is 39.7 Å². The summed E-state index contributed by atoms with van der Waals surface area (Å²) < 4.78 is 13.7. The molecule has 0 aromatic carbocycles. The molecule has 1 unspecified atom stereocenters. The molecule has 0 bridgehead atoms. The largest absolute Gasteiger partial charge is 0.374 e. The number of rotatable bonds is 7. The number of thiophene rings is 1. The van der Waals surface area contributed by atoms with Gasteiger partial charge < -0.3 is 15.4 Å². The van der Waals surface area contributed by atoms with Crippen molar-refractivity contribution in [3.63, 3.8) is 0 Å². The predicted molar refractivity (Wildman–Crippen MR) is 142 cm³/mol. The third-order valence-corrected chi connectivity index (χ3v) is 6.82. The van der Waals surface area contributed by atoms with Gasteiger partial charge in [0.2, 0.25) is 0 Å². The minimum absolute atomic E-state index is 0.272. The van der Waals surface area contributed by atoms with E-state index in [0.29, 0.717) is 51.3 Å². The lowest BCUT2D eigenvalue weighted by Crippen LogP contribution is -2.20. The van der Waals surface area contributed by atoms with Crippen LogP contribution in [0.25, 0.3) is 55.3 Å². The first-order valence-electron chi connectivity index (χ1n) is 11.8. The maximum absolute atomic E-state index is 13.7. The molecule has 6 aromatic heterocycles. The molecule has 186 valence electrons. The number of hydrogen-bond donors (Lipinski definition) is 4. The first-order chi connectivity index (χ1) is 17.9. The number of aliphatic hydroxyl groups excluding tert-OH is 1. The number of aromatic amines is 2. The maximum Gasteiger partial charge on any atom is 0.177 e. The number of H-pyrrole nitrogens is 2.